The molecule has 3 rings (SSSR count). The number of hydrogen-bond acceptors (Lipinski definition) is 3. The zero-order chi connectivity index (χ0) is 22.1. The molecule has 0 saturated heterocycles. The van der Waals surface area contributed by atoms with Gasteiger partial charge in [-0.15, -0.1) is 0 Å². The van der Waals surface area contributed by atoms with Crippen LogP contribution >= 0.6 is 23.2 Å². The van der Waals surface area contributed by atoms with Gasteiger partial charge < -0.3 is 10.2 Å². The second-order valence-corrected chi connectivity index (χ2v) is 7.93. The van der Waals surface area contributed by atoms with Gasteiger partial charge in [-0.1, -0.05) is 53.5 Å². The topological polar surface area (TPSA) is 50.7 Å². The van der Waals surface area contributed by atoms with E-state index in [1.54, 1.807) is 24.3 Å². The molecule has 2 aromatic rings. The van der Waals surface area contributed by atoms with Gasteiger partial charge in [0.15, 0.2) is 0 Å². The summed E-state index contributed by atoms with van der Waals surface area (Å²) >= 11 is 11.8. The Kier molecular flexibility index (Phi) is 6.34. The Labute approximate surface area is 182 Å². The Morgan fingerprint density at radius 2 is 1.87 bits per heavy atom. The Bertz CT molecular complexity index is 977. The number of benzene rings is 2. The van der Waals surface area contributed by atoms with E-state index in [1.165, 1.54) is 12.1 Å². The summed E-state index contributed by atoms with van der Waals surface area (Å²) in [5, 5.41) is 6.68. The normalized spacial score (nSPS) is 19.8. The van der Waals surface area contributed by atoms with Crippen LogP contribution in [-0.4, -0.2) is 23.8 Å². The van der Waals surface area contributed by atoms with Gasteiger partial charge in [0, 0.05) is 23.6 Å². The summed E-state index contributed by atoms with van der Waals surface area (Å²) in [6.07, 6.45) is -4.50. The van der Waals surface area contributed by atoms with Crippen molar-refractivity contribution in [2.45, 2.75) is 44.5 Å². The van der Waals surface area contributed by atoms with Crippen LogP contribution in [0.15, 0.2) is 47.6 Å². The average molecular weight is 459 g/mol. The van der Waals surface area contributed by atoms with Gasteiger partial charge in [-0.2, -0.15) is 13.2 Å². The van der Waals surface area contributed by atoms with Crippen molar-refractivity contribution >= 4 is 34.8 Å². The van der Waals surface area contributed by atoms with Crippen molar-refractivity contribution in [2.24, 2.45) is 5.16 Å². The molecule has 0 aliphatic carbocycles. The van der Waals surface area contributed by atoms with E-state index >= 15 is 0 Å². The maximum absolute atomic E-state index is 14.0. The minimum absolute atomic E-state index is 0.00786. The highest BCUT2D eigenvalue weighted by molar-refractivity contribution is 6.42. The van der Waals surface area contributed by atoms with Crippen molar-refractivity contribution in [3.63, 3.8) is 0 Å². The van der Waals surface area contributed by atoms with Gasteiger partial charge in [0.2, 0.25) is 0 Å². The SMILES string of the molecule is CCC(C)NC(=O)c1ccc(C2=NOC(c3ccc(Cl)c(Cl)c3)(C(F)(F)F)C2)cc1. The largest absolute Gasteiger partial charge is 0.435 e. The lowest BCUT2D eigenvalue weighted by Crippen LogP contribution is -2.42. The van der Waals surface area contributed by atoms with Crippen molar-refractivity contribution in [1.29, 1.82) is 0 Å². The standard InChI is InChI=1S/C21H19Cl2F3N2O2/c1-3-12(2)27-19(29)14-6-4-13(5-7-14)18-11-20(30-28-18,21(24,25)26)15-8-9-16(22)17(23)10-15/h4-10,12H,3,11H2,1-2H3,(H,27,29). The van der Waals surface area contributed by atoms with E-state index in [1.807, 2.05) is 13.8 Å². The average Bonchev–Trinajstić information content (AvgIpc) is 3.17. The van der Waals surface area contributed by atoms with Gasteiger partial charge in [-0.3, -0.25) is 4.79 Å². The van der Waals surface area contributed by atoms with E-state index in [-0.39, 0.29) is 33.3 Å². The fourth-order valence-corrected chi connectivity index (χ4v) is 3.33. The number of nitrogens with one attached hydrogen (secondary N) is 1. The van der Waals surface area contributed by atoms with Crippen LogP contribution in [0.2, 0.25) is 10.0 Å². The first-order valence-electron chi connectivity index (χ1n) is 9.26. The third-order valence-corrected chi connectivity index (χ3v) is 5.78. The second kappa shape index (κ2) is 8.47. The van der Waals surface area contributed by atoms with Crippen LogP contribution in [0, 0.1) is 0 Å². The van der Waals surface area contributed by atoms with E-state index in [4.69, 9.17) is 28.0 Å². The molecule has 0 bridgehead atoms. The summed E-state index contributed by atoms with van der Waals surface area (Å²) in [6.45, 7) is 3.84. The van der Waals surface area contributed by atoms with Crippen molar-refractivity contribution < 1.29 is 22.8 Å². The highest BCUT2D eigenvalue weighted by atomic mass is 35.5. The van der Waals surface area contributed by atoms with E-state index in [2.05, 4.69) is 10.5 Å². The Morgan fingerprint density at radius 1 is 1.20 bits per heavy atom. The van der Waals surface area contributed by atoms with Crippen LogP contribution in [0.25, 0.3) is 0 Å². The van der Waals surface area contributed by atoms with E-state index < -0.39 is 18.2 Å². The van der Waals surface area contributed by atoms with E-state index in [0.29, 0.717) is 11.1 Å². The van der Waals surface area contributed by atoms with Crippen molar-refractivity contribution in [3.8, 4) is 0 Å². The number of halogens is 5. The molecule has 2 atom stereocenters. The Morgan fingerprint density at radius 3 is 2.43 bits per heavy atom. The molecule has 160 valence electrons. The van der Waals surface area contributed by atoms with Gasteiger partial charge in [0.25, 0.3) is 11.5 Å². The summed E-state index contributed by atoms with van der Waals surface area (Å²) < 4.78 is 42.1. The predicted molar refractivity (Wildman–Crippen MR) is 110 cm³/mol. The molecule has 1 N–H and O–H groups in total. The van der Waals surface area contributed by atoms with Crippen LogP contribution in [0.4, 0.5) is 13.2 Å². The fraction of sp³-hybridized carbons (Fsp3) is 0.333. The molecule has 1 heterocycles. The summed E-state index contributed by atoms with van der Waals surface area (Å²) in [5.74, 6) is -0.249. The number of hydrogen-bond donors (Lipinski definition) is 1. The van der Waals surface area contributed by atoms with Crippen LogP contribution in [0.3, 0.4) is 0 Å². The molecule has 2 aromatic carbocycles. The molecule has 30 heavy (non-hydrogen) atoms. The zero-order valence-corrected chi connectivity index (χ0v) is 17.7. The number of carbonyl (C=O) groups excluding carboxylic acids is 1. The number of nitrogens with zero attached hydrogens (tertiary/aromatic N) is 1. The van der Waals surface area contributed by atoms with Crippen molar-refractivity contribution in [1.82, 2.24) is 5.32 Å². The van der Waals surface area contributed by atoms with Gasteiger partial charge in [0.1, 0.15) is 0 Å². The van der Waals surface area contributed by atoms with Crippen LogP contribution in [0.1, 0.15) is 48.2 Å². The quantitative estimate of drug-likeness (QED) is 0.587. The summed E-state index contributed by atoms with van der Waals surface area (Å²) in [5.41, 5.74) is -1.89. The highest BCUT2D eigenvalue weighted by Crippen LogP contribution is 2.49. The summed E-state index contributed by atoms with van der Waals surface area (Å²) in [6, 6.07) is 9.86. The third kappa shape index (κ3) is 4.27. The number of oxime groups is 1. The smallest absolute Gasteiger partial charge is 0.374 e. The Hall–Kier alpha value is -2.25. The number of carbonyl (C=O) groups is 1. The molecule has 0 radical (unpaired) electrons. The van der Waals surface area contributed by atoms with Crippen molar-refractivity contribution in [2.75, 3.05) is 0 Å². The molecular formula is C21H19Cl2F3N2O2. The van der Waals surface area contributed by atoms with Gasteiger partial charge >= 0.3 is 6.18 Å². The maximum atomic E-state index is 14.0. The highest BCUT2D eigenvalue weighted by Gasteiger charge is 2.62. The molecule has 0 fully saturated rings. The lowest BCUT2D eigenvalue weighted by molar-refractivity contribution is -0.275. The molecule has 0 saturated carbocycles. The Balaban J connectivity index is 1.85. The molecule has 2 unspecified atom stereocenters. The van der Waals surface area contributed by atoms with Gasteiger partial charge in [0.05, 0.1) is 15.8 Å². The summed E-state index contributed by atoms with van der Waals surface area (Å²) in [4.78, 5) is 17.2. The zero-order valence-electron chi connectivity index (χ0n) is 16.2. The monoisotopic (exact) mass is 458 g/mol. The molecule has 9 heteroatoms. The summed E-state index contributed by atoms with van der Waals surface area (Å²) in [7, 11) is 0. The van der Waals surface area contributed by atoms with Crippen LogP contribution in [-0.2, 0) is 10.4 Å². The first-order valence-corrected chi connectivity index (χ1v) is 10.0. The molecule has 4 nitrogen and oxygen atoms in total. The molecule has 1 aliphatic rings. The molecule has 0 spiro atoms. The minimum atomic E-state index is -4.74. The molecule has 0 aromatic heterocycles. The van der Waals surface area contributed by atoms with Crippen molar-refractivity contribution in [3.05, 3.63) is 69.2 Å². The number of rotatable bonds is 5. The number of amides is 1. The number of alkyl halides is 3. The third-order valence-electron chi connectivity index (χ3n) is 5.04. The van der Waals surface area contributed by atoms with E-state index in [9.17, 15) is 18.0 Å². The van der Waals surface area contributed by atoms with E-state index in [0.717, 1.165) is 12.5 Å². The first-order chi connectivity index (χ1) is 14.1. The van der Waals surface area contributed by atoms with Crippen LogP contribution in [0.5, 0.6) is 0 Å². The van der Waals surface area contributed by atoms with Gasteiger partial charge in [-0.05, 0) is 43.2 Å². The lowest BCUT2D eigenvalue weighted by atomic mass is 9.86. The maximum Gasteiger partial charge on any atom is 0.435 e. The second-order valence-electron chi connectivity index (χ2n) is 7.12. The minimum Gasteiger partial charge on any atom is -0.374 e. The first kappa shape index (κ1) is 22.4. The molecule has 1 amide bonds. The van der Waals surface area contributed by atoms with Crippen LogP contribution < -0.4 is 5.32 Å². The molecule has 1 aliphatic heterocycles. The van der Waals surface area contributed by atoms with Gasteiger partial charge in [-0.25, -0.2) is 0 Å². The fourth-order valence-electron chi connectivity index (χ4n) is 3.03. The molecular weight excluding hydrogens is 440 g/mol. The lowest BCUT2D eigenvalue weighted by Gasteiger charge is -2.29. The predicted octanol–water partition coefficient (Wildman–Crippen LogP) is 6.10.